The highest BCUT2D eigenvalue weighted by Crippen LogP contribution is 2.36. The molecular weight excluding hydrogens is 345 g/mol. The third-order valence-corrected chi connectivity index (χ3v) is 3.92. The van der Waals surface area contributed by atoms with Gasteiger partial charge in [-0.05, 0) is 24.6 Å². The Hall–Kier alpha value is -2.27. The lowest BCUT2D eigenvalue weighted by Crippen LogP contribution is -2.26. The number of methoxy groups -OCH3 is 1. The number of nitrogens with zero attached hydrogens (tertiary/aromatic N) is 1. The van der Waals surface area contributed by atoms with Crippen molar-refractivity contribution in [3.63, 3.8) is 0 Å². The number of hydrogen-bond donors (Lipinski definition) is 0. The minimum atomic E-state index is -0.346. The molecule has 0 heterocycles. The molecule has 0 N–H and O–H groups in total. The molecule has 0 unspecified atom stereocenters. The van der Waals surface area contributed by atoms with E-state index in [0.717, 1.165) is 6.42 Å². The largest absolute Gasteiger partial charge is 0.493 e. The molecule has 0 aromatic heterocycles. The number of carbonyl (C=O) groups is 1. The first-order chi connectivity index (χ1) is 12.0. The van der Waals surface area contributed by atoms with E-state index in [1.165, 1.54) is 24.1 Å². The van der Waals surface area contributed by atoms with Crippen molar-refractivity contribution in [1.82, 2.24) is 4.90 Å². The first-order valence-corrected chi connectivity index (χ1v) is 8.34. The fraction of sp³-hybridized carbons (Fsp3) is 0.316. The van der Waals surface area contributed by atoms with Crippen molar-refractivity contribution in [2.24, 2.45) is 0 Å². The Bertz CT molecular complexity index is 751. The predicted octanol–water partition coefficient (Wildman–Crippen LogP) is 4.55. The molecule has 25 heavy (non-hydrogen) atoms. The number of benzene rings is 2. The highest BCUT2D eigenvalue weighted by atomic mass is 35.5. The molecule has 0 aliphatic heterocycles. The van der Waals surface area contributed by atoms with Crippen LogP contribution < -0.4 is 9.47 Å². The summed E-state index contributed by atoms with van der Waals surface area (Å²) >= 11 is 6.25. The van der Waals surface area contributed by atoms with Crippen molar-refractivity contribution in [1.29, 1.82) is 0 Å². The molecule has 0 aliphatic carbocycles. The van der Waals surface area contributed by atoms with E-state index in [2.05, 4.69) is 0 Å². The Labute approximate surface area is 152 Å². The van der Waals surface area contributed by atoms with Gasteiger partial charge in [0.05, 0.1) is 18.7 Å². The Morgan fingerprint density at radius 1 is 1.28 bits per heavy atom. The van der Waals surface area contributed by atoms with E-state index < -0.39 is 0 Å². The van der Waals surface area contributed by atoms with E-state index in [4.69, 9.17) is 21.1 Å². The van der Waals surface area contributed by atoms with Crippen LogP contribution in [0.4, 0.5) is 4.39 Å². The van der Waals surface area contributed by atoms with Gasteiger partial charge in [-0.25, -0.2) is 4.39 Å². The maximum Gasteiger partial charge on any atom is 0.254 e. The maximum absolute atomic E-state index is 13.8. The normalized spacial score (nSPS) is 10.4. The summed E-state index contributed by atoms with van der Waals surface area (Å²) in [6.45, 7) is 2.63. The smallest absolute Gasteiger partial charge is 0.254 e. The van der Waals surface area contributed by atoms with E-state index in [0.29, 0.717) is 34.3 Å². The second-order valence-corrected chi connectivity index (χ2v) is 6.00. The van der Waals surface area contributed by atoms with Crippen molar-refractivity contribution in [2.75, 3.05) is 20.8 Å². The lowest BCUT2D eigenvalue weighted by molar-refractivity contribution is 0.0783. The zero-order chi connectivity index (χ0) is 18.4. The lowest BCUT2D eigenvalue weighted by atomic mass is 10.1. The Morgan fingerprint density at radius 2 is 2.00 bits per heavy atom. The molecule has 4 nitrogen and oxygen atoms in total. The Morgan fingerprint density at radius 3 is 2.64 bits per heavy atom. The molecule has 0 saturated heterocycles. The molecule has 0 saturated carbocycles. The third-order valence-electron chi connectivity index (χ3n) is 3.64. The van der Waals surface area contributed by atoms with Gasteiger partial charge in [-0.3, -0.25) is 4.79 Å². The van der Waals surface area contributed by atoms with Crippen LogP contribution >= 0.6 is 11.6 Å². The van der Waals surface area contributed by atoms with Gasteiger partial charge in [0.1, 0.15) is 5.82 Å². The van der Waals surface area contributed by atoms with Gasteiger partial charge in [0.15, 0.2) is 11.5 Å². The molecule has 0 fully saturated rings. The van der Waals surface area contributed by atoms with E-state index in [9.17, 15) is 9.18 Å². The molecule has 0 spiro atoms. The van der Waals surface area contributed by atoms with Crippen LogP contribution in [0.2, 0.25) is 5.02 Å². The maximum atomic E-state index is 13.8. The molecule has 0 radical (unpaired) electrons. The molecule has 0 atom stereocenters. The summed E-state index contributed by atoms with van der Waals surface area (Å²) in [6.07, 6.45) is 0.825. The molecule has 2 rings (SSSR count). The van der Waals surface area contributed by atoms with Crippen molar-refractivity contribution < 1.29 is 18.7 Å². The number of amides is 1. The van der Waals surface area contributed by atoms with Gasteiger partial charge >= 0.3 is 0 Å². The zero-order valence-electron chi connectivity index (χ0n) is 14.5. The average Bonchev–Trinajstić information content (AvgIpc) is 2.61. The van der Waals surface area contributed by atoms with Gasteiger partial charge < -0.3 is 14.4 Å². The Kier molecular flexibility index (Phi) is 6.65. The number of ether oxygens (including phenoxy) is 2. The van der Waals surface area contributed by atoms with Gasteiger partial charge in [-0.2, -0.15) is 0 Å². The molecule has 6 heteroatoms. The van der Waals surface area contributed by atoms with Gasteiger partial charge in [-0.1, -0.05) is 36.7 Å². The molecule has 2 aromatic rings. The summed E-state index contributed by atoms with van der Waals surface area (Å²) in [7, 11) is 3.10. The summed E-state index contributed by atoms with van der Waals surface area (Å²) in [5.74, 6) is 0.175. The van der Waals surface area contributed by atoms with Crippen LogP contribution in [0.3, 0.4) is 0 Å². The summed E-state index contributed by atoms with van der Waals surface area (Å²) in [6, 6.07) is 9.48. The topological polar surface area (TPSA) is 38.8 Å². The van der Waals surface area contributed by atoms with Gasteiger partial charge in [-0.15, -0.1) is 0 Å². The second-order valence-electron chi connectivity index (χ2n) is 5.59. The van der Waals surface area contributed by atoms with Crippen LogP contribution in [-0.2, 0) is 6.54 Å². The summed E-state index contributed by atoms with van der Waals surface area (Å²) in [5, 5.41) is 0.301. The monoisotopic (exact) mass is 365 g/mol. The first kappa shape index (κ1) is 19.1. The van der Waals surface area contributed by atoms with Crippen molar-refractivity contribution >= 4 is 17.5 Å². The van der Waals surface area contributed by atoms with E-state index >= 15 is 0 Å². The number of hydrogen-bond acceptors (Lipinski definition) is 3. The van der Waals surface area contributed by atoms with Crippen LogP contribution in [0.25, 0.3) is 0 Å². The van der Waals surface area contributed by atoms with E-state index in [1.807, 2.05) is 6.92 Å². The molecule has 1 amide bonds. The quantitative estimate of drug-likeness (QED) is 0.722. The Balaban J connectivity index is 2.23. The average molecular weight is 366 g/mol. The van der Waals surface area contributed by atoms with Crippen LogP contribution in [0.1, 0.15) is 29.3 Å². The van der Waals surface area contributed by atoms with Crippen LogP contribution in [0.5, 0.6) is 11.5 Å². The number of rotatable bonds is 7. The molecule has 0 aliphatic rings. The van der Waals surface area contributed by atoms with E-state index in [1.54, 1.807) is 31.3 Å². The molecular formula is C19H21ClFNO3. The third kappa shape index (κ3) is 4.63. The van der Waals surface area contributed by atoms with E-state index in [-0.39, 0.29) is 18.3 Å². The summed E-state index contributed by atoms with van der Waals surface area (Å²) in [5.41, 5.74) is 0.795. The van der Waals surface area contributed by atoms with Crippen molar-refractivity contribution in [3.05, 3.63) is 58.4 Å². The number of halogens is 2. The fourth-order valence-electron chi connectivity index (χ4n) is 2.36. The predicted molar refractivity (Wildman–Crippen MR) is 96.0 cm³/mol. The molecule has 134 valence electrons. The molecule has 0 bridgehead atoms. The first-order valence-electron chi connectivity index (χ1n) is 7.97. The van der Waals surface area contributed by atoms with Crippen LogP contribution in [0, 0.1) is 5.82 Å². The van der Waals surface area contributed by atoms with Gasteiger partial charge in [0, 0.05) is 24.7 Å². The minimum absolute atomic E-state index is 0.152. The van der Waals surface area contributed by atoms with Crippen LogP contribution in [0.15, 0.2) is 36.4 Å². The van der Waals surface area contributed by atoms with Crippen LogP contribution in [-0.4, -0.2) is 31.6 Å². The standard InChI is InChI=1S/C19H21ClFNO3/c1-4-9-25-18-15(20)10-14(11-17(18)24-3)19(23)22(2)12-13-7-5-6-8-16(13)21/h5-8,10-11H,4,9,12H2,1-3H3. The fourth-order valence-corrected chi connectivity index (χ4v) is 2.63. The highest BCUT2D eigenvalue weighted by Gasteiger charge is 2.19. The summed E-state index contributed by atoms with van der Waals surface area (Å²) < 4.78 is 24.6. The SMILES string of the molecule is CCCOc1c(Cl)cc(C(=O)N(C)Cc2ccccc2F)cc1OC. The zero-order valence-corrected chi connectivity index (χ0v) is 15.3. The number of carbonyl (C=O) groups excluding carboxylic acids is 1. The van der Waals surface area contributed by atoms with Gasteiger partial charge in [0.25, 0.3) is 5.91 Å². The van der Waals surface area contributed by atoms with Gasteiger partial charge in [0.2, 0.25) is 0 Å². The highest BCUT2D eigenvalue weighted by molar-refractivity contribution is 6.32. The minimum Gasteiger partial charge on any atom is -0.493 e. The van der Waals surface area contributed by atoms with Crippen molar-refractivity contribution in [2.45, 2.75) is 19.9 Å². The second kappa shape index (κ2) is 8.72. The van der Waals surface area contributed by atoms with Crippen molar-refractivity contribution in [3.8, 4) is 11.5 Å². The molecule has 2 aromatic carbocycles. The summed E-state index contributed by atoms with van der Waals surface area (Å²) in [4.78, 5) is 14.1. The lowest BCUT2D eigenvalue weighted by Gasteiger charge is -2.19.